The Balaban J connectivity index is 2.72. The third kappa shape index (κ3) is 3.28. The van der Waals surface area contributed by atoms with Crippen LogP contribution < -0.4 is 5.73 Å². The van der Waals surface area contributed by atoms with Gasteiger partial charge in [0.15, 0.2) is 5.17 Å². The van der Waals surface area contributed by atoms with Gasteiger partial charge in [-0.3, -0.25) is 5.41 Å². The van der Waals surface area contributed by atoms with Crippen molar-refractivity contribution >= 4 is 28.5 Å². The van der Waals surface area contributed by atoms with Crippen LogP contribution in [0, 0.1) is 12.3 Å². The van der Waals surface area contributed by atoms with E-state index >= 15 is 0 Å². The molecule has 0 saturated carbocycles. The fourth-order valence-corrected chi connectivity index (χ4v) is 1.87. The Bertz CT molecular complexity index is 325. The molecule has 0 atom stereocenters. The van der Waals surface area contributed by atoms with E-state index in [2.05, 4.69) is 0 Å². The maximum absolute atomic E-state index is 7.05. The molecule has 0 spiro atoms. The Morgan fingerprint density at radius 1 is 1.62 bits per heavy atom. The van der Waals surface area contributed by atoms with Gasteiger partial charge < -0.3 is 5.73 Å². The molecule has 0 aliphatic heterocycles. The molecule has 1 aromatic carbocycles. The second-order valence-electron chi connectivity index (χ2n) is 2.75. The largest absolute Gasteiger partial charge is 0.379 e. The number of nitrogens with two attached hydrogens (primary N) is 1. The third-order valence-corrected chi connectivity index (χ3v) is 2.71. The normalized spacial score (nSPS) is 10.0. The third-order valence-electron chi connectivity index (χ3n) is 1.59. The SMILES string of the molecule is Cc1ccc(CSC(=N)N)c(Cl)c1. The molecule has 0 aromatic heterocycles. The summed E-state index contributed by atoms with van der Waals surface area (Å²) in [5.41, 5.74) is 7.38. The van der Waals surface area contributed by atoms with Gasteiger partial charge in [0, 0.05) is 10.8 Å². The predicted octanol–water partition coefficient (Wildman–Crippen LogP) is 2.78. The van der Waals surface area contributed by atoms with E-state index < -0.39 is 0 Å². The van der Waals surface area contributed by atoms with Crippen LogP contribution in [0.1, 0.15) is 11.1 Å². The van der Waals surface area contributed by atoms with Crippen LogP contribution in [-0.4, -0.2) is 5.17 Å². The molecule has 13 heavy (non-hydrogen) atoms. The van der Waals surface area contributed by atoms with Crippen molar-refractivity contribution in [2.24, 2.45) is 5.73 Å². The van der Waals surface area contributed by atoms with Crippen LogP contribution in [-0.2, 0) is 5.75 Å². The van der Waals surface area contributed by atoms with Crippen molar-refractivity contribution in [3.05, 3.63) is 34.3 Å². The minimum Gasteiger partial charge on any atom is -0.379 e. The van der Waals surface area contributed by atoms with Crippen molar-refractivity contribution in [1.29, 1.82) is 5.41 Å². The highest BCUT2D eigenvalue weighted by molar-refractivity contribution is 8.13. The molecule has 0 radical (unpaired) electrons. The van der Waals surface area contributed by atoms with Gasteiger partial charge >= 0.3 is 0 Å². The maximum atomic E-state index is 7.05. The van der Waals surface area contributed by atoms with Gasteiger partial charge in [-0.05, 0) is 24.1 Å². The molecule has 0 heterocycles. The second-order valence-corrected chi connectivity index (χ2v) is 4.17. The van der Waals surface area contributed by atoms with Crippen molar-refractivity contribution in [3.8, 4) is 0 Å². The lowest BCUT2D eigenvalue weighted by molar-refractivity contribution is 1.37. The minimum absolute atomic E-state index is 0.122. The van der Waals surface area contributed by atoms with Crippen molar-refractivity contribution in [2.45, 2.75) is 12.7 Å². The quantitative estimate of drug-likeness (QED) is 0.588. The van der Waals surface area contributed by atoms with Crippen LogP contribution in [0.2, 0.25) is 5.02 Å². The fraction of sp³-hybridized carbons (Fsp3) is 0.222. The van der Waals surface area contributed by atoms with E-state index in [0.717, 1.165) is 16.1 Å². The zero-order valence-electron chi connectivity index (χ0n) is 7.30. The molecule has 0 unspecified atom stereocenters. The highest BCUT2D eigenvalue weighted by Gasteiger charge is 2.01. The molecule has 0 fully saturated rings. The number of rotatable bonds is 2. The summed E-state index contributed by atoms with van der Waals surface area (Å²) in [5.74, 6) is 0.661. The highest BCUT2D eigenvalue weighted by Crippen LogP contribution is 2.21. The van der Waals surface area contributed by atoms with E-state index in [9.17, 15) is 0 Å². The highest BCUT2D eigenvalue weighted by atomic mass is 35.5. The Morgan fingerprint density at radius 3 is 2.85 bits per heavy atom. The molecule has 0 saturated heterocycles. The van der Waals surface area contributed by atoms with E-state index in [4.69, 9.17) is 22.7 Å². The second kappa shape index (κ2) is 4.53. The molecule has 3 N–H and O–H groups in total. The molecule has 0 aliphatic rings. The zero-order chi connectivity index (χ0) is 9.84. The summed E-state index contributed by atoms with van der Waals surface area (Å²) < 4.78 is 0. The first-order valence-corrected chi connectivity index (χ1v) is 5.18. The Kier molecular flexibility index (Phi) is 3.63. The van der Waals surface area contributed by atoms with E-state index in [1.54, 1.807) is 0 Å². The Morgan fingerprint density at radius 2 is 2.31 bits per heavy atom. The van der Waals surface area contributed by atoms with E-state index in [1.807, 2.05) is 25.1 Å². The van der Waals surface area contributed by atoms with Crippen LogP contribution in [0.5, 0.6) is 0 Å². The average molecular weight is 215 g/mol. The van der Waals surface area contributed by atoms with Crippen LogP contribution in [0.3, 0.4) is 0 Å². The van der Waals surface area contributed by atoms with Crippen LogP contribution >= 0.6 is 23.4 Å². The first-order valence-electron chi connectivity index (χ1n) is 3.81. The van der Waals surface area contributed by atoms with Gasteiger partial charge in [-0.2, -0.15) is 0 Å². The smallest absolute Gasteiger partial charge is 0.151 e. The molecule has 70 valence electrons. The topological polar surface area (TPSA) is 49.9 Å². The number of nitrogens with one attached hydrogen (secondary N) is 1. The maximum Gasteiger partial charge on any atom is 0.151 e. The lowest BCUT2D eigenvalue weighted by Gasteiger charge is -2.03. The van der Waals surface area contributed by atoms with Gasteiger partial charge in [0.05, 0.1) is 0 Å². The molecular weight excluding hydrogens is 204 g/mol. The lowest BCUT2D eigenvalue weighted by atomic mass is 10.2. The van der Waals surface area contributed by atoms with Crippen molar-refractivity contribution < 1.29 is 0 Å². The molecule has 1 aromatic rings. The van der Waals surface area contributed by atoms with Crippen LogP contribution in [0.4, 0.5) is 0 Å². The van der Waals surface area contributed by atoms with E-state index in [-0.39, 0.29) is 5.17 Å². The fourth-order valence-electron chi connectivity index (χ4n) is 0.925. The van der Waals surface area contributed by atoms with Gasteiger partial charge in [-0.25, -0.2) is 0 Å². The molecule has 0 aliphatic carbocycles. The van der Waals surface area contributed by atoms with Gasteiger partial charge in [-0.1, -0.05) is 35.5 Å². The summed E-state index contributed by atoms with van der Waals surface area (Å²) >= 11 is 7.27. The first kappa shape index (κ1) is 10.4. The van der Waals surface area contributed by atoms with Crippen molar-refractivity contribution in [3.63, 3.8) is 0 Å². The monoisotopic (exact) mass is 214 g/mol. The lowest BCUT2D eigenvalue weighted by Crippen LogP contribution is -2.03. The number of amidine groups is 1. The van der Waals surface area contributed by atoms with Crippen LogP contribution in [0.15, 0.2) is 18.2 Å². The molecular formula is C9H11ClN2S. The number of hydrogen-bond acceptors (Lipinski definition) is 2. The number of hydrogen-bond donors (Lipinski definition) is 2. The summed E-state index contributed by atoms with van der Waals surface area (Å²) in [6.45, 7) is 1.99. The zero-order valence-corrected chi connectivity index (χ0v) is 8.88. The summed E-state index contributed by atoms with van der Waals surface area (Å²) in [5, 5.41) is 7.92. The number of benzene rings is 1. The number of aryl methyl sites for hydroxylation is 1. The summed E-state index contributed by atoms with van der Waals surface area (Å²) in [4.78, 5) is 0. The summed E-state index contributed by atoms with van der Waals surface area (Å²) in [6, 6.07) is 5.88. The molecule has 4 heteroatoms. The van der Waals surface area contributed by atoms with Crippen LogP contribution in [0.25, 0.3) is 0 Å². The molecule has 1 rings (SSSR count). The van der Waals surface area contributed by atoms with Gasteiger partial charge in [0.1, 0.15) is 0 Å². The molecule has 2 nitrogen and oxygen atoms in total. The summed E-state index contributed by atoms with van der Waals surface area (Å²) in [6.07, 6.45) is 0. The minimum atomic E-state index is 0.122. The Hall–Kier alpha value is -0.670. The van der Waals surface area contributed by atoms with Gasteiger partial charge in [0.25, 0.3) is 0 Å². The number of thioether (sulfide) groups is 1. The Labute approximate surface area is 87.0 Å². The number of halogens is 1. The summed E-state index contributed by atoms with van der Waals surface area (Å²) in [7, 11) is 0. The standard InChI is InChI=1S/C9H11ClN2S/c1-6-2-3-7(8(10)4-6)5-13-9(11)12/h2-4H,5H2,1H3,(H3,11,12). The van der Waals surface area contributed by atoms with Crippen molar-refractivity contribution in [1.82, 2.24) is 0 Å². The molecule has 0 bridgehead atoms. The van der Waals surface area contributed by atoms with E-state index in [1.165, 1.54) is 11.8 Å². The molecule has 0 amide bonds. The van der Waals surface area contributed by atoms with Gasteiger partial charge in [-0.15, -0.1) is 0 Å². The first-order chi connectivity index (χ1) is 6.09. The van der Waals surface area contributed by atoms with E-state index in [0.29, 0.717) is 5.75 Å². The predicted molar refractivity (Wildman–Crippen MR) is 59.4 cm³/mol. The van der Waals surface area contributed by atoms with Gasteiger partial charge in [0.2, 0.25) is 0 Å². The van der Waals surface area contributed by atoms with Crippen molar-refractivity contribution in [2.75, 3.05) is 0 Å². The average Bonchev–Trinajstić information content (AvgIpc) is 2.02.